The molecule has 5 heteroatoms. The second kappa shape index (κ2) is 5.53. The molecule has 0 bridgehead atoms. The van der Waals surface area contributed by atoms with Gasteiger partial charge in [-0.3, -0.25) is 0 Å². The molecule has 1 aliphatic carbocycles. The van der Waals surface area contributed by atoms with Crippen LogP contribution in [0.25, 0.3) is 0 Å². The molecule has 0 aliphatic heterocycles. The number of nitrogens with two attached hydrogens (primary N) is 1. The maximum Gasteiger partial charge on any atom is 0.189 e. The molecule has 0 radical (unpaired) electrons. The van der Waals surface area contributed by atoms with Crippen LogP contribution in [0.1, 0.15) is 37.8 Å². The van der Waals surface area contributed by atoms with Gasteiger partial charge in [-0.05, 0) is 12.8 Å². The van der Waals surface area contributed by atoms with Gasteiger partial charge in [0.2, 0.25) is 0 Å². The zero-order valence-corrected chi connectivity index (χ0v) is 9.45. The molecule has 2 rings (SSSR count). The molecule has 4 N–H and O–H groups in total. The number of nitrogens with zero attached hydrogens (tertiary/aromatic N) is 2. The van der Waals surface area contributed by atoms with Crippen molar-refractivity contribution >= 4 is 5.96 Å². The smallest absolute Gasteiger partial charge is 0.189 e. The third-order valence-electron chi connectivity index (χ3n) is 2.93. The van der Waals surface area contributed by atoms with Gasteiger partial charge in [0.05, 0.1) is 18.6 Å². The summed E-state index contributed by atoms with van der Waals surface area (Å²) in [5.74, 6) is 0.543. The summed E-state index contributed by atoms with van der Waals surface area (Å²) in [4.78, 5) is 11.2. The van der Waals surface area contributed by atoms with E-state index in [4.69, 9.17) is 5.73 Å². The summed E-state index contributed by atoms with van der Waals surface area (Å²) in [6.45, 7) is 0.561. The Hall–Kier alpha value is -1.52. The van der Waals surface area contributed by atoms with E-state index in [1.807, 2.05) is 0 Å². The molecule has 0 unspecified atom stereocenters. The second-order valence-corrected chi connectivity index (χ2v) is 4.26. The minimum absolute atomic E-state index is 0.513. The molecule has 0 amide bonds. The summed E-state index contributed by atoms with van der Waals surface area (Å²) < 4.78 is 0. The fraction of sp³-hybridized carbons (Fsp3) is 0.636. The first-order valence-electron chi connectivity index (χ1n) is 5.88. The van der Waals surface area contributed by atoms with Crippen molar-refractivity contribution < 1.29 is 0 Å². The van der Waals surface area contributed by atoms with E-state index in [1.54, 1.807) is 12.5 Å². The largest absolute Gasteiger partial charge is 0.370 e. The lowest BCUT2D eigenvalue weighted by molar-refractivity contribution is 0.412. The normalized spacial score (nSPS) is 18.6. The number of aromatic amines is 1. The Balaban J connectivity index is 1.77. The number of H-pyrrole nitrogens is 1. The summed E-state index contributed by atoms with van der Waals surface area (Å²) in [5, 5.41) is 3.27. The molecule has 16 heavy (non-hydrogen) atoms. The van der Waals surface area contributed by atoms with Gasteiger partial charge in [-0.25, -0.2) is 9.98 Å². The maximum absolute atomic E-state index is 5.83. The average Bonchev–Trinajstić information content (AvgIpc) is 2.81. The van der Waals surface area contributed by atoms with Crippen LogP contribution in [0.5, 0.6) is 0 Å². The van der Waals surface area contributed by atoms with E-state index in [9.17, 15) is 0 Å². The van der Waals surface area contributed by atoms with Gasteiger partial charge in [0, 0.05) is 12.2 Å². The van der Waals surface area contributed by atoms with Crippen LogP contribution in [0.3, 0.4) is 0 Å². The topological polar surface area (TPSA) is 79.1 Å². The number of hydrogen-bond donors (Lipinski definition) is 3. The van der Waals surface area contributed by atoms with Crippen LogP contribution < -0.4 is 11.1 Å². The van der Waals surface area contributed by atoms with Crippen molar-refractivity contribution in [3.63, 3.8) is 0 Å². The van der Waals surface area contributed by atoms with E-state index in [0.29, 0.717) is 18.5 Å². The third kappa shape index (κ3) is 3.25. The van der Waals surface area contributed by atoms with Gasteiger partial charge in [0.1, 0.15) is 0 Å². The fourth-order valence-corrected chi connectivity index (χ4v) is 2.04. The van der Waals surface area contributed by atoms with Gasteiger partial charge in [-0.1, -0.05) is 19.3 Å². The molecule has 1 heterocycles. The Kier molecular flexibility index (Phi) is 3.80. The number of guanidine groups is 1. The first-order valence-corrected chi connectivity index (χ1v) is 5.88. The van der Waals surface area contributed by atoms with Crippen molar-refractivity contribution in [3.05, 3.63) is 18.2 Å². The molecule has 1 aromatic heterocycles. The number of nitrogens with one attached hydrogen (secondary N) is 2. The van der Waals surface area contributed by atoms with Crippen molar-refractivity contribution in [1.29, 1.82) is 0 Å². The van der Waals surface area contributed by atoms with Crippen LogP contribution >= 0.6 is 0 Å². The first-order chi connectivity index (χ1) is 7.84. The molecule has 5 nitrogen and oxygen atoms in total. The highest BCUT2D eigenvalue weighted by molar-refractivity contribution is 5.78. The summed E-state index contributed by atoms with van der Waals surface area (Å²) in [7, 11) is 0. The minimum atomic E-state index is 0.513. The molecule has 1 fully saturated rings. The van der Waals surface area contributed by atoms with Gasteiger partial charge in [-0.15, -0.1) is 0 Å². The molecule has 1 aromatic rings. The minimum Gasteiger partial charge on any atom is -0.370 e. The highest BCUT2D eigenvalue weighted by Gasteiger charge is 2.13. The Labute approximate surface area is 95.6 Å². The Morgan fingerprint density at radius 1 is 1.50 bits per heavy atom. The molecule has 1 saturated carbocycles. The standard InChI is InChI=1S/C11H19N5/c12-11(14-7-10-6-13-8-15-10)16-9-4-2-1-3-5-9/h6,8-9H,1-5,7H2,(H,13,15)(H3,12,14,16). The SMILES string of the molecule is NC(=NCc1cnc[nH]1)NC1CCCCC1. The average molecular weight is 221 g/mol. The third-order valence-corrected chi connectivity index (χ3v) is 2.93. The number of aliphatic imine (C=N–C) groups is 1. The van der Waals surface area contributed by atoms with Gasteiger partial charge < -0.3 is 16.0 Å². The van der Waals surface area contributed by atoms with Crippen LogP contribution in [0.2, 0.25) is 0 Å². The molecule has 0 atom stereocenters. The molecule has 1 aliphatic rings. The van der Waals surface area contributed by atoms with Crippen molar-refractivity contribution in [2.24, 2.45) is 10.7 Å². The molecular formula is C11H19N5. The molecule has 0 aromatic carbocycles. The zero-order valence-electron chi connectivity index (χ0n) is 9.45. The number of hydrogen-bond acceptors (Lipinski definition) is 2. The van der Waals surface area contributed by atoms with E-state index in [0.717, 1.165) is 5.69 Å². The van der Waals surface area contributed by atoms with Crippen molar-refractivity contribution in [3.8, 4) is 0 Å². The van der Waals surface area contributed by atoms with Crippen molar-refractivity contribution in [1.82, 2.24) is 15.3 Å². The quantitative estimate of drug-likeness (QED) is 0.529. The van der Waals surface area contributed by atoms with E-state index < -0.39 is 0 Å². The second-order valence-electron chi connectivity index (χ2n) is 4.26. The monoisotopic (exact) mass is 221 g/mol. The molecule has 88 valence electrons. The summed E-state index contributed by atoms with van der Waals surface area (Å²) >= 11 is 0. The van der Waals surface area contributed by atoms with E-state index in [-0.39, 0.29) is 0 Å². The van der Waals surface area contributed by atoms with Crippen molar-refractivity contribution in [2.45, 2.75) is 44.7 Å². The first kappa shape index (κ1) is 11.0. The predicted molar refractivity (Wildman–Crippen MR) is 63.9 cm³/mol. The van der Waals surface area contributed by atoms with Crippen LogP contribution in [0.15, 0.2) is 17.5 Å². The Bertz CT molecular complexity index is 324. The van der Waals surface area contributed by atoms with Crippen LogP contribution in [0, 0.1) is 0 Å². The lowest BCUT2D eigenvalue weighted by Gasteiger charge is -2.23. The lowest BCUT2D eigenvalue weighted by atomic mass is 9.96. The van der Waals surface area contributed by atoms with Crippen LogP contribution in [-0.4, -0.2) is 22.0 Å². The Morgan fingerprint density at radius 2 is 2.31 bits per heavy atom. The van der Waals surface area contributed by atoms with Gasteiger partial charge in [-0.2, -0.15) is 0 Å². The lowest BCUT2D eigenvalue weighted by Crippen LogP contribution is -2.41. The summed E-state index contributed by atoms with van der Waals surface area (Å²) in [6, 6.07) is 0.513. The summed E-state index contributed by atoms with van der Waals surface area (Å²) in [5.41, 5.74) is 6.81. The number of imidazole rings is 1. The predicted octanol–water partition coefficient (Wildman–Crippen LogP) is 1.15. The van der Waals surface area contributed by atoms with E-state index >= 15 is 0 Å². The van der Waals surface area contributed by atoms with E-state index in [1.165, 1.54) is 32.1 Å². The molecule has 0 saturated heterocycles. The summed E-state index contributed by atoms with van der Waals surface area (Å²) in [6.07, 6.45) is 9.77. The molecule has 0 spiro atoms. The van der Waals surface area contributed by atoms with E-state index in [2.05, 4.69) is 20.3 Å². The molecular weight excluding hydrogens is 202 g/mol. The van der Waals surface area contributed by atoms with Crippen LogP contribution in [-0.2, 0) is 6.54 Å². The Morgan fingerprint density at radius 3 is 3.00 bits per heavy atom. The highest BCUT2D eigenvalue weighted by Crippen LogP contribution is 2.16. The van der Waals surface area contributed by atoms with Crippen LogP contribution in [0.4, 0.5) is 0 Å². The number of aromatic nitrogens is 2. The maximum atomic E-state index is 5.83. The van der Waals surface area contributed by atoms with Crippen molar-refractivity contribution in [2.75, 3.05) is 0 Å². The number of rotatable bonds is 3. The highest BCUT2D eigenvalue weighted by atomic mass is 15.1. The van der Waals surface area contributed by atoms with Gasteiger partial charge in [0.25, 0.3) is 0 Å². The van der Waals surface area contributed by atoms with Gasteiger partial charge >= 0.3 is 0 Å². The van der Waals surface area contributed by atoms with Gasteiger partial charge in [0.15, 0.2) is 5.96 Å². The fourth-order valence-electron chi connectivity index (χ4n) is 2.04. The zero-order chi connectivity index (χ0) is 11.2.